The predicted molar refractivity (Wildman–Crippen MR) is 43.6 cm³/mol. The Morgan fingerprint density at radius 1 is 1.36 bits per heavy atom. The van der Waals surface area contributed by atoms with Crippen LogP contribution in [0.2, 0.25) is 0 Å². The first-order chi connectivity index (χ1) is 4.83. The van der Waals surface area contributed by atoms with E-state index < -0.39 is 10.3 Å². The van der Waals surface area contributed by atoms with Crippen molar-refractivity contribution in [1.29, 1.82) is 0 Å². The maximum Gasteiger partial charge on any atom is 0.333 e. The van der Waals surface area contributed by atoms with Gasteiger partial charge in [0.15, 0.2) is 0 Å². The van der Waals surface area contributed by atoms with Gasteiger partial charge in [-0.2, -0.15) is 13.1 Å². The van der Waals surface area contributed by atoms with Crippen LogP contribution in [-0.2, 0) is 10.3 Å². The molecule has 0 amide bonds. The minimum atomic E-state index is -4.00. The van der Waals surface area contributed by atoms with E-state index in [1.807, 2.05) is 25.5 Å². The fourth-order valence-corrected chi connectivity index (χ4v) is 0.946. The van der Waals surface area contributed by atoms with E-state index in [4.69, 9.17) is 4.55 Å². The number of nitrogens with one attached hydrogen (secondary N) is 1. The first-order valence-corrected chi connectivity index (χ1v) is 4.99. The van der Waals surface area contributed by atoms with Crippen LogP contribution >= 0.6 is 0 Å². The molecular weight excluding hydrogens is 166 g/mol. The third-order valence-corrected chi connectivity index (χ3v) is 2.26. The topological polar surface area (TPSA) is 66.4 Å². The largest absolute Gasteiger partial charge is 0.333 e. The van der Waals surface area contributed by atoms with Crippen molar-refractivity contribution in [2.75, 3.05) is 6.54 Å². The summed E-state index contributed by atoms with van der Waals surface area (Å²) < 4.78 is 30.7. The average molecular weight is 181 g/mol. The summed E-state index contributed by atoms with van der Waals surface area (Å²) in [6.07, 6.45) is 0. The second-order valence-electron chi connectivity index (χ2n) is 3.04. The van der Waals surface area contributed by atoms with E-state index in [-0.39, 0.29) is 12.5 Å². The Hall–Kier alpha value is -0.130. The van der Waals surface area contributed by atoms with E-state index in [2.05, 4.69) is 0 Å². The molecule has 1 unspecified atom stereocenters. The lowest BCUT2D eigenvalue weighted by Gasteiger charge is -2.14. The minimum Gasteiger partial charge on any atom is -0.273 e. The Labute approximate surface area is 67.9 Å². The normalized spacial score (nSPS) is 15.4. The van der Waals surface area contributed by atoms with Crippen molar-refractivity contribution in [3.05, 3.63) is 0 Å². The molecule has 0 aliphatic carbocycles. The Kier molecular flexibility index (Phi) is 3.99. The Balaban J connectivity index is 3.72. The van der Waals surface area contributed by atoms with Gasteiger partial charge < -0.3 is 0 Å². The van der Waals surface area contributed by atoms with Crippen molar-refractivity contribution < 1.29 is 13.0 Å². The van der Waals surface area contributed by atoms with Crippen molar-refractivity contribution >= 4 is 10.3 Å². The highest BCUT2D eigenvalue weighted by atomic mass is 32.2. The summed E-state index contributed by atoms with van der Waals surface area (Å²) in [6, 6.07) is 0. The zero-order valence-corrected chi connectivity index (χ0v) is 7.85. The van der Waals surface area contributed by atoms with Gasteiger partial charge >= 0.3 is 10.3 Å². The standard InChI is InChI=1S/C6H15NO3S/c1-5(2)6(3)4-7-11(8,9)10/h5-7H,4H2,1-3H3,(H,8,9,10). The van der Waals surface area contributed by atoms with Gasteiger partial charge in [-0.15, -0.1) is 0 Å². The van der Waals surface area contributed by atoms with E-state index in [1.54, 1.807) is 0 Å². The van der Waals surface area contributed by atoms with Crippen LogP contribution in [0.4, 0.5) is 0 Å². The lowest BCUT2D eigenvalue weighted by Crippen LogP contribution is -2.29. The maximum absolute atomic E-state index is 10.2. The Morgan fingerprint density at radius 3 is 2.09 bits per heavy atom. The molecule has 0 aliphatic heterocycles. The van der Waals surface area contributed by atoms with Gasteiger partial charge in [0.25, 0.3) is 0 Å². The monoisotopic (exact) mass is 181 g/mol. The van der Waals surface area contributed by atoms with Gasteiger partial charge in [-0.05, 0) is 11.8 Å². The van der Waals surface area contributed by atoms with E-state index in [1.165, 1.54) is 0 Å². The molecule has 0 heterocycles. The lowest BCUT2D eigenvalue weighted by atomic mass is 9.99. The highest BCUT2D eigenvalue weighted by Crippen LogP contribution is 2.07. The summed E-state index contributed by atoms with van der Waals surface area (Å²) in [7, 11) is -4.00. The molecule has 0 saturated carbocycles. The summed E-state index contributed by atoms with van der Waals surface area (Å²) in [4.78, 5) is 0. The van der Waals surface area contributed by atoms with Gasteiger partial charge in [-0.25, -0.2) is 0 Å². The fourth-order valence-electron chi connectivity index (χ4n) is 0.472. The molecule has 1 atom stereocenters. The number of hydrogen-bond acceptors (Lipinski definition) is 2. The van der Waals surface area contributed by atoms with E-state index in [0.717, 1.165) is 0 Å². The second-order valence-corrected chi connectivity index (χ2v) is 4.28. The van der Waals surface area contributed by atoms with Gasteiger partial charge in [0.1, 0.15) is 0 Å². The van der Waals surface area contributed by atoms with Crippen molar-refractivity contribution in [2.24, 2.45) is 11.8 Å². The van der Waals surface area contributed by atoms with Gasteiger partial charge in [0, 0.05) is 6.54 Å². The van der Waals surface area contributed by atoms with Gasteiger partial charge in [-0.1, -0.05) is 20.8 Å². The molecule has 0 aromatic heterocycles. The molecule has 68 valence electrons. The van der Waals surface area contributed by atoms with Crippen LogP contribution in [0.15, 0.2) is 0 Å². The summed E-state index contributed by atoms with van der Waals surface area (Å²) >= 11 is 0. The SMILES string of the molecule is CC(C)C(C)CNS(=O)(=O)O. The van der Waals surface area contributed by atoms with Crippen molar-refractivity contribution in [3.63, 3.8) is 0 Å². The molecule has 0 bridgehead atoms. The van der Waals surface area contributed by atoms with Gasteiger partial charge in [0.2, 0.25) is 0 Å². The van der Waals surface area contributed by atoms with Crippen LogP contribution in [0, 0.1) is 11.8 Å². The molecule has 0 spiro atoms. The molecule has 0 aromatic carbocycles. The Bertz CT molecular complexity index is 198. The van der Waals surface area contributed by atoms with E-state index in [9.17, 15) is 8.42 Å². The molecule has 5 heteroatoms. The number of hydrogen-bond donors (Lipinski definition) is 2. The minimum absolute atomic E-state index is 0.233. The summed E-state index contributed by atoms with van der Waals surface area (Å²) in [5.74, 6) is 0.640. The van der Waals surface area contributed by atoms with E-state index >= 15 is 0 Å². The van der Waals surface area contributed by atoms with Crippen LogP contribution in [0.3, 0.4) is 0 Å². The smallest absolute Gasteiger partial charge is 0.273 e. The molecule has 0 aliphatic rings. The van der Waals surface area contributed by atoms with Gasteiger partial charge in [-0.3, -0.25) is 4.55 Å². The average Bonchev–Trinajstić information content (AvgIpc) is 1.80. The molecule has 0 fully saturated rings. The third kappa shape index (κ3) is 6.28. The van der Waals surface area contributed by atoms with Crippen molar-refractivity contribution in [2.45, 2.75) is 20.8 Å². The van der Waals surface area contributed by atoms with Gasteiger partial charge in [0.05, 0.1) is 0 Å². The third-order valence-electron chi connectivity index (χ3n) is 1.73. The predicted octanol–water partition coefficient (Wildman–Crippen LogP) is 0.671. The maximum atomic E-state index is 10.2. The Morgan fingerprint density at radius 2 is 1.82 bits per heavy atom. The van der Waals surface area contributed by atoms with Crippen molar-refractivity contribution in [3.8, 4) is 0 Å². The molecule has 4 nitrogen and oxygen atoms in total. The summed E-state index contributed by atoms with van der Waals surface area (Å²) in [5.41, 5.74) is 0. The van der Waals surface area contributed by atoms with Crippen LogP contribution in [-0.4, -0.2) is 19.5 Å². The first-order valence-electron chi connectivity index (χ1n) is 3.55. The zero-order valence-electron chi connectivity index (χ0n) is 7.03. The highest BCUT2D eigenvalue weighted by Gasteiger charge is 2.10. The quantitative estimate of drug-likeness (QED) is 0.626. The number of rotatable bonds is 4. The molecule has 11 heavy (non-hydrogen) atoms. The van der Waals surface area contributed by atoms with Crippen LogP contribution in [0.5, 0.6) is 0 Å². The lowest BCUT2D eigenvalue weighted by molar-refractivity contribution is 0.400. The summed E-state index contributed by atoms with van der Waals surface area (Å²) in [5, 5.41) is 0. The fraction of sp³-hybridized carbons (Fsp3) is 1.00. The highest BCUT2D eigenvalue weighted by molar-refractivity contribution is 7.83. The molecular formula is C6H15NO3S. The van der Waals surface area contributed by atoms with Crippen molar-refractivity contribution in [1.82, 2.24) is 4.72 Å². The molecule has 0 saturated heterocycles. The molecule has 0 radical (unpaired) electrons. The van der Waals surface area contributed by atoms with Crippen LogP contribution < -0.4 is 4.72 Å². The first kappa shape index (κ1) is 10.9. The molecule has 2 N–H and O–H groups in total. The summed E-state index contributed by atoms with van der Waals surface area (Å²) in [6.45, 7) is 6.20. The second kappa shape index (κ2) is 4.04. The molecule has 0 aromatic rings. The van der Waals surface area contributed by atoms with E-state index in [0.29, 0.717) is 5.92 Å². The molecule has 0 rings (SSSR count). The van der Waals surface area contributed by atoms with Crippen LogP contribution in [0.1, 0.15) is 20.8 Å². The van der Waals surface area contributed by atoms with Crippen LogP contribution in [0.25, 0.3) is 0 Å². The zero-order chi connectivity index (χ0) is 9.07.